The van der Waals surface area contributed by atoms with Gasteiger partial charge in [-0.25, -0.2) is 0 Å². The maximum Gasteiger partial charge on any atom is 0.415 e. The van der Waals surface area contributed by atoms with Crippen molar-refractivity contribution >= 4 is 5.82 Å². The van der Waals surface area contributed by atoms with Crippen LogP contribution in [0, 0.1) is 15.3 Å². The number of aromatic nitrogens is 3. The van der Waals surface area contributed by atoms with Gasteiger partial charge < -0.3 is 20.1 Å². The van der Waals surface area contributed by atoms with Crippen molar-refractivity contribution in [3.8, 4) is 6.01 Å². The summed E-state index contributed by atoms with van der Waals surface area (Å²) in [5, 5.41) is 21.9. The molecule has 0 fully saturated rings. The number of rotatable bonds is 2. The van der Waals surface area contributed by atoms with Crippen molar-refractivity contribution in [2.75, 3.05) is 0 Å². The maximum atomic E-state index is 11.3. The minimum Gasteiger partial charge on any atom is -0.619 e. The Hall–Kier alpha value is -2.64. The highest BCUT2D eigenvalue weighted by Gasteiger charge is 2.42. The molecule has 0 saturated carbocycles. The lowest BCUT2D eigenvalue weighted by atomic mass is 9.98. The molecule has 0 saturated heterocycles. The maximum absolute atomic E-state index is 11.3. The highest BCUT2D eigenvalue weighted by atomic mass is 16.6. The van der Waals surface area contributed by atoms with Gasteiger partial charge in [-0.05, 0) is 17.9 Å². The average molecular weight is 262 g/mol. The molecule has 1 aliphatic rings. The molecule has 2 aromatic rings. The fraction of sp³-hybridized carbons (Fsp3) is 0.273. The second-order valence-electron chi connectivity index (χ2n) is 4.55. The molecule has 8 heteroatoms. The molecule has 98 valence electrons. The molecule has 3 rings (SSSR count). The third-order valence-electron chi connectivity index (χ3n) is 3.09. The van der Waals surface area contributed by atoms with E-state index >= 15 is 0 Å². The Labute approximate surface area is 107 Å². The molecule has 1 atom stereocenters. The molecule has 0 bridgehead atoms. The fourth-order valence-corrected chi connectivity index (χ4v) is 2.14. The van der Waals surface area contributed by atoms with E-state index in [4.69, 9.17) is 4.74 Å². The minimum atomic E-state index is -0.745. The van der Waals surface area contributed by atoms with E-state index in [1.807, 2.05) is 6.92 Å². The summed E-state index contributed by atoms with van der Waals surface area (Å²) in [6.07, 6.45) is 4.13. The molecule has 0 N–H and O–H groups in total. The quantitative estimate of drug-likeness (QED) is 0.344. The zero-order valence-electron chi connectivity index (χ0n) is 10.0. The first-order valence-electron chi connectivity index (χ1n) is 5.58. The van der Waals surface area contributed by atoms with E-state index in [-0.39, 0.29) is 11.8 Å². The van der Waals surface area contributed by atoms with Crippen LogP contribution >= 0.6 is 0 Å². The Morgan fingerprint density at radius 2 is 2.42 bits per heavy atom. The van der Waals surface area contributed by atoms with E-state index in [1.54, 1.807) is 16.7 Å². The Morgan fingerprint density at radius 1 is 1.63 bits per heavy atom. The van der Waals surface area contributed by atoms with Crippen molar-refractivity contribution in [1.82, 2.24) is 9.55 Å². The molecule has 1 unspecified atom stereocenters. The van der Waals surface area contributed by atoms with Crippen molar-refractivity contribution in [2.45, 2.75) is 19.1 Å². The number of imidazole rings is 1. The summed E-state index contributed by atoms with van der Waals surface area (Å²) in [5.74, 6) is -0.246. The predicted octanol–water partition coefficient (Wildman–Crippen LogP) is 0.732. The smallest absolute Gasteiger partial charge is 0.415 e. The van der Waals surface area contributed by atoms with Gasteiger partial charge in [0.25, 0.3) is 0 Å². The van der Waals surface area contributed by atoms with E-state index in [1.165, 1.54) is 18.6 Å². The van der Waals surface area contributed by atoms with Gasteiger partial charge in [0, 0.05) is 11.1 Å². The lowest BCUT2D eigenvalue weighted by molar-refractivity contribution is -0.606. The Morgan fingerprint density at radius 3 is 3.05 bits per heavy atom. The van der Waals surface area contributed by atoms with E-state index < -0.39 is 10.5 Å². The highest BCUT2D eigenvalue weighted by molar-refractivity contribution is 5.27. The van der Waals surface area contributed by atoms with Gasteiger partial charge >= 0.3 is 11.8 Å². The van der Waals surface area contributed by atoms with Gasteiger partial charge in [0.15, 0.2) is 18.0 Å². The summed E-state index contributed by atoms with van der Waals surface area (Å²) < 4.78 is 7.92. The van der Waals surface area contributed by atoms with Crippen LogP contribution in [0.2, 0.25) is 0 Å². The molecule has 0 radical (unpaired) electrons. The lowest BCUT2D eigenvalue weighted by Crippen LogP contribution is -2.33. The van der Waals surface area contributed by atoms with E-state index in [0.29, 0.717) is 16.8 Å². The van der Waals surface area contributed by atoms with Crippen LogP contribution in [0.15, 0.2) is 30.7 Å². The first kappa shape index (κ1) is 11.5. The molecule has 19 heavy (non-hydrogen) atoms. The topological polar surface area (TPSA) is 97.1 Å². The van der Waals surface area contributed by atoms with E-state index in [0.717, 1.165) is 0 Å². The zero-order valence-corrected chi connectivity index (χ0v) is 10.0. The van der Waals surface area contributed by atoms with Crippen molar-refractivity contribution in [1.29, 1.82) is 0 Å². The summed E-state index contributed by atoms with van der Waals surface area (Å²) in [5.41, 5.74) is -0.0524. The summed E-state index contributed by atoms with van der Waals surface area (Å²) in [6, 6.07) is 3.59. The molecule has 0 aromatic carbocycles. The molecule has 3 heterocycles. The highest BCUT2D eigenvalue weighted by Crippen LogP contribution is 2.36. The molecule has 0 aliphatic carbocycles. The second-order valence-corrected chi connectivity index (χ2v) is 4.55. The van der Waals surface area contributed by atoms with Gasteiger partial charge in [-0.2, -0.15) is 4.73 Å². The molecular weight excluding hydrogens is 252 g/mol. The standard InChI is InChI=1S/C11H10N4O4/c1-11(8-3-2-4-14(16)5-8)7-13-6-9(15(17)18)12-10(13)19-11/h2-6H,7H2,1H3. The zero-order chi connectivity index (χ0) is 13.6. The van der Waals surface area contributed by atoms with Crippen LogP contribution in [0.4, 0.5) is 5.82 Å². The van der Waals surface area contributed by atoms with Crippen LogP contribution in [0.3, 0.4) is 0 Å². The van der Waals surface area contributed by atoms with Gasteiger partial charge in [0.2, 0.25) is 0 Å². The molecule has 0 spiro atoms. The fourth-order valence-electron chi connectivity index (χ4n) is 2.14. The predicted molar refractivity (Wildman–Crippen MR) is 62.3 cm³/mol. The van der Waals surface area contributed by atoms with Crippen LogP contribution in [-0.4, -0.2) is 14.5 Å². The average Bonchev–Trinajstić information content (AvgIpc) is 2.84. The Kier molecular flexibility index (Phi) is 2.21. The number of pyridine rings is 1. The SMILES string of the molecule is CC1(c2ccc[n+]([O-])c2)Cn2cc([N+](=O)[O-])nc2O1. The number of nitrogens with zero attached hydrogens (tertiary/aromatic N) is 4. The van der Waals surface area contributed by atoms with Crippen molar-refractivity contribution < 1.29 is 14.4 Å². The number of hydrogen-bond acceptors (Lipinski definition) is 5. The van der Waals surface area contributed by atoms with Crippen molar-refractivity contribution in [3.05, 3.63) is 51.6 Å². The first-order valence-corrected chi connectivity index (χ1v) is 5.58. The third-order valence-corrected chi connectivity index (χ3v) is 3.09. The van der Waals surface area contributed by atoms with Crippen molar-refractivity contribution in [2.24, 2.45) is 0 Å². The summed E-state index contributed by atoms with van der Waals surface area (Å²) in [7, 11) is 0. The van der Waals surface area contributed by atoms with Crippen LogP contribution in [0.1, 0.15) is 12.5 Å². The Bertz CT molecular complexity index is 643. The molecule has 2 aromatic heterocycles. The largest absolute Gasteiger partial charge is 0.619 e. The summed E-state index contributed by atoms with van der Waals surface area (Å²) in [6.45, 7) is 2.18. The van der Waals surface area contributed by atoms with Crippen LogP contribution < -0.4 is 9.47 Å². The van der Waals surface area contributed by atoms with Gasteiger partial charge in [-0.15, -0.1) is 0 Å². The number of nitro groups is 1. The van der Waals surface area contributed by atoms with Gasteiger partial charge in [-0.1, -0.05) is 0 Å². The van der Waals surface area contributed by atoms with Gasteiger partial charge in [0.1, 0.15) is 6.20 Å². The lowest BCUT2D eigenvalue weighted by Gasteiger charge is -2.20. The summed E-state index contributed by atoms with van der Waals surface area (Å²) >= 11 is 0. The number of fused-ring (bicyclic) bond motifs is 1. The second kappa shape index (κ2) is 3.67. The normalized spacial score (nSPS) is 20.9. The number of hydrogen-bond donors (Lipinski definition) is 0. The van der Waals surface area contributed by atoms with Crippen LogP contribution in [-0.2, 0) is 12.1 Å². The van der Waals surface area contributed by atoms with Crippen LogP contribution in [0.5, 0.6) is 6.01 Å². The Balaban J connectivity index is 1.94. The van der Waals surface area contributed by atoms with Crippen molar-refractivity contribution in [3.63, 3.8) is 0 Å². The molecule has 8 nitrogen and oxygen atoms in total. The third kappa shape index (κ3) is 1.77. The summed E-state index contributed by atoms with van der Waals surface area (Å²) in [4.78, 5) is 13.8. The van der Waals surface area contributed by atoms with Gasteiger partial charge in [0.05, 0.1) is 12.1 Å². The molecular formula is C11H10N4O4. The molecule has 1 aliphatic heterocycles. The van der Waals surface area contributed by atoms with E-state index in [2.05, 4.69) is 4.98 Å². The molecule has 0 amide bonds. The van der Waals surface area contributed by atoms with Gasteiger partial charge in [-0.3, -0.25) is 4.57 Å². The minimum absolute atomic E-state index is 0.190. The van der Waals surface area contributed by atoms with Crippen LogP contribution in [0.25, 0.3) is 0 Å². The number of ether oxygens (including phenoxy) is 1. The monoisotopic (exact) mass is 262 g/mol. The first-order chi connectivity index (χ1) is 8.98. The van der Waals surface area contributed by atoms with E-state index in [9.17, 15) is 15.3 Å².